The molecule has 1 aromatic heterocycles. The van der Waals surface area contributed by atoms with Crippen molar-refractivity contribution in [1.82, 2.24) is 10.1 Å². The molecule has 2 aromatic rings. The molecule has 1 aromatic carbocycles. The highest BCUT2D eigenvalue weighted by atomic mass is 35.7. The summed E-state index contributed by atoms with van der Waals surface area (Å²) in [5.74, 6) is 0.900. The Balaban J connectivity index is 2.24. The molecule has 0 spiro atoms. The molecule has 1 heterocycles. The molecule has 20 heavy (non-hydrogen) atoms. The molecule has 108 valence electrons. The average molecular weight is 358 g/mol. The number of nitrogens with zero attached hydrogens (tertiary/aromatic N) is 2. The number of aryl methyl sites for hydroxylation is 1. The summed E-state index contributed by atoms with van der Waals surface area (Å²) in [5, 5.41) is 3.32. The van der Waals surface area contributed by atoms with Crippen molar-refractivity contribution < 1.29 is 17.7 Å². The number of halogens is 3. The Morgan fingerprint density at radius 3 is 2.55 bits per heavy atom. The summed E-state index contributed by atoms with van der Waals surface area (Å²) in [4.78, 5) is 3.65. The first-order valence-electron chi connectivity index (χ1n) is 5.13. The van der Waals surface area contributed by atoms with E-state index in [9.17, 15) is 8.42 Å². The summed E-state index contributed by atoms with van der Waals surface area (Å²) in [6.45, 7) is 1.64. The molecule has 0 fully saturated rings. The number of rotatable bonds is 4. The summed E-state index contributed by atoms with van der Waals surface area (Å²) in [7, 11) is 1.24. The second kappa shape index (κ2) is 5.77. The van der Waals surface area contributed by atoms with Crippen LogP contribution in [0.5, 0.6) is 5.75 Å². The Morgan fingerprint density at radius 2 is 2.00 bits per heavy atom. The van der Waals surface area contributed by atoms with Crippen LogP contribution in [0.4, 0.5) is 0 Å². The fourth-order valence-corrected chi connectivity index (χ4v) is 3.14. The third-order valence-corrected chi connectivity index (χ3v) is 4.54. The van der Waals surface area contributed by atoms with Crippen LogP contribution in [0.25, 0.3) is 0 Å². The van der Waals surface area contributed by atoms with Gasteiger partial charge in [-0.3, -0.25) is 0 Å². The molecule has 2 rings (SSSR count). The standard InChI is InChI=1S/C10H7Cl3N2O4S/c1-5-14-8(19-15-5)4-18-6-2-3-7(20(13,16)17)10(12)9(6)11/h2-3H,4H2,1H3. The lowest BCUT2D eigenvalue weighted by molar-refractivity contribution is 0.242. The first kappa shape index (κ1) is 15.4. The van der Waals surface area contributed by atoms with Gasteiger partial charge in [-0.15, -0.1) is 0 Å². The second-order valence-corrected chi connectivity index (χ2v) is 6.94. The van der Waals surface area contributed by atoms with Crippen molar-refractivity contribution in [3.05, 3.63) is 33.9 Å². The summed E-state index contributed by atoms with van der Waals surface area (Å²) in [6, 6.07) is 2.54. The lowest BCUT2D eigenvalue weighted by atomic mass is 10.3. The summed E-state index contributed by atoms with van der Waals surface area (Å²) < 4.78 is 32.7. The van der Waals surface area contributed by atoms with Crippen molar-refractivity contribution in [2.75, 3.05) is 0 Å². The Kier molecular flexibility index (Phi) is 4.43. The molecule has 0 atom stereocenters. The van der Waals surface area contributed by atoms with E-state index in [-0.39, 0.29) is 33.2 Å². The van der Waals surface area contributed by atoms with Crippen molar-refractivity contribution in [1.29, 1.82) is 0 Å². The van der Waals surface area contributed by atoms with Crippen molar-refractivity contribution in [3.8, 4) is 5.75 Å². The summed E-state index contributed by atoms with van der Waals surface area (Å²) in [5.41, 5.74) is 0. The fourth-order valence-electron chi connectivity index (χ4n) is 1.35. The monoisotopic (exact) mass is 356 g/mol. The van der Waals surface area contributed by atoms with Crippen molar-refractivity contribution in [2.45, 2.75) is 18.4 Å². The zero-order valence-corrected chi connectivity index (χ0v) is 13.0. The molecule has 0 saturated heterocycles. The van der Waals surface area contributed by atoms with Gasteiger partial charge in [-0.25, -0.2) is 8.42 Å². The lowest BCUT2D eigenvalue weighted by Gasteiger charge is -2.09. The van der Waals surface area contributed by atoms with E-state index in [2.05, 4.69) is 10.1 Å². The van der Waals surface area contributed by atoms with Gasteiger partial charge in [0.15, 0.2) is 12.4 Å². The molecule has 0 bridgehead atoms. The predicted octanol–water partition coefficient (Wildman–Crippen LogP) is 3.19. The third-order valence-electron chi connectivity index (χ3n) is 2.19. The largest absolute Gasteiger partial charge is 0.482 e. The molecule has 10 heteroatoms. The number of benzene rings is 1. The minimum Gasteiger partial charge on any atom is -0.482 e. The molecule has 0 aliphatic heterocycles. The summed E-state index contributed by atoms with van der Waals surface area (Å²) >= 11 is 11.8. The zero-order chi connectivity index (χ0) is 14.9. The van der Waals surface area contributed by atoms with E-state index in [1.54, 1.807) is 6.92 Å². The highest BCUT2D eigenvalue weighted by Gasteiger charge is 2.20. The third kappa shape index (κ3) is 3.35. The maximum atomic E-state index is 11.2. The molecule has 0 aliphatic carbocycles. The lowest BCUT2D eigenvalue weighted by Crippen LogP contribution is -1.99. The van der Waals surface area contributed by atoms with Gasteiger partial charge in [0.25, 0.3) is 14.9 Å². The molecule has 0 unspecified atom stereocenters. The molecule has 0 radical (unpaired) electrons. The van der Waals surface area contributed by atoms with E-state index < -0.39 is 9.05 Å². The smallest absolute Gasteiger partial charge is 0.264 e. The fraction of sp³-hybridized carbons (Fsp3) is 0.200. The van der Waals surface area contributed by atoms with Gasteiger partial charge in [-0.2, -0.15) is 4.98 Å². The van der Waals surface area contributed by atoms with Crippen molar-refractivity contribution >= 4 is 42.9 Å². The van der Waals surface area contributed by atoms with Gasteiger partial charge >= 0.3 is 0 Å². The quantitative estimate of drug-likeness (QED) is 0.782. The minimum absolute atomic E-state index is 0.0239. The van der Waals surface area contributed by atoms with Gasteiger partial charge in [0, 0.05) is 10.7 Å². The van der Waals surface area contributed by atoms with E-state index >= 15 is 0 Å². The molecule has 0 saturated carbocycles. The van der Waals surface area contributed by atoms with Crippen LogP contribution in [-0.4, -0.2) is 18.6 Å². The first-order valence-corrected chi connectivity index (χ1v) is 8.20. The molecule has 0 aliphatic rings. The van der Waals surface area contributed by atoms with Gasteiger partial charge in [0.05, 0.1) is 5.02 Å². The van der Waals surface area contributed by atoms with Crippen LogP contribution in [0, 0.1) is 6.92 Å². The van der Waals surface area contributed by atoms with Gasteiger partial charge in [0.1, 0.15) is 15.7 Å². The molecule has 6 nitrogen and oxygen atoms in total. The average Bonchev–Trinajstić information content (AvgIpc) is 2.75. The maximum Gasteiger partial charge on any atom is 0.264 e. The number of hydrogen-bond donors (Lipinski definition) is 0. The number of hydrogen-bond acceptors (Lipinski definition) is 6. The Hall–Kier alpha value is -1.02. The van der Waals surface area contributed by atoms with Crippen molar-refractivity contribution in [2.24, 2.45) is 0 Å². The SMILES string of the molecule is Cc1noc(COc2ccc(S(=O)(=O)Cl)c(Cl)c2Cl)n1. The van der Waals surface area contributed by atoms with Crippen LogP contribution in [0.1, 0.15) is 11.7 Å². The van der Waals surface area contributed by atoms with E-state index in [0.717, 1.165) is 0 Å². The first-order chi connectivity index (χ1) is 9.29. The molecule has 0 amide bonds. The van der Waals surface area contributed by atoms with Gasteiger partial charge in [0.2, 0.25) is 0 Å². The normalized spacial score (nSPS) is 11.6. The number of aromatic nitrogens is 2. The molecule has 0 N–H and O–H groups in total. The Morgan fingerprint density at radius 1 is 1.30 bits per heavy atom. The van der Waals surface area contributed by atoms with E-state index in [0.29, 0.717) is 5.82 Å². The highest BCUT2D eigenvalue weighted by Crippen LogP contribution is 2.38. The predicted molar refractivity (Wildman–Crippen MR) is 72.9 cm³/mol. The topological polar surface area (TPSA) is 82.3 Å². The maximum absolute atomic E-state index is 11.2. The second-order valence-electron chi connectivity index (χ2n) is 3.65. The van der Waals surface area contributed by atoms with Crippen LogP contribution < -0.4 is 4.74 Å². The van der Waals surface area contributed by atoms with Gasteiger partial charge < -0.3 is 9.26 Å². The summed E-state index contributed by atoms with van der Waals surface area (Å²) in [6.07, 6.45) is 0. The Bertz CT molecular complexity index is 745. The molecular formula is C10H7Cl3N2O4S. The minimum atomic E-state index is -3.98. The van der Waals surface area contributed by atoms with E-state index in [1.807, 2.05) is 0 Å². The highest BCUT2D eigenvalue weighted by molar-refractivity contribution is 8.13. The molecular weight excluding hydrogens is 351 g/mol. The van der Waals surface area contributed by atoms with Gasteiger partial charge in [-0.05, 0) is 19.1 Å². The van der Waals surface area contributed by atoms with E-state index in [1.165, 1.54) is 12.1 Å². The van der Waals surface area contributed by atoms with Crippen LogP contribution in [0.3, 0.4) is 0 Å². The van der Waals surface area contributed by atoms with Crippen LogP contribution in [-0.2, 0) is 15.7 Å². The van der Waals surface area contributed by atoms with Crippen LogP contribution >= 0.6 is 33.9 Å². The van der Waals surface area contributed by atoms with E-state index in [4.69, 9.17) is 43.1 Å². The van der Waals surface area contributed by atoms with Crippen LogP contribution in [0.2, 0.25) is 10.0 Å². The van der Waals surface area contributed by atoms with Crippen molar-refractivity contribution in [3.63, 3.8) is 0 Å². The Labute approximate surface area is 129 Å². The zero-order valence-electron chi connectivity index (χ0n) is 9.93. The van der Waals surface area contributed by atoms with Gasteiger partial charge in [-0.1, -0.05) is 28.4 Å². The van der Waals surface area contributed by atoms with Crippen LogP contribution in [0.15, 0.2) is 21.6 Å². The number of ether oxygens (including phenoxy) is 1.